The van der Waals surface area contributed by atoms with Crippen LogP contribution in [0.15, 0.2) is 0 Å². The van der Waals surface area contributed by atoms with Crippen molar-refractivity contribution in [3.05, 3.63) is 0 Å². The lowest BCUT2D eigenvalue weighted by Crippen LogP contribution is -1.82. The highest BCUT2D eigenvalue weighted by Gasteiger charge is 1.99. The van der Waals surface area contributed by atoms with Crippen molar-refractivity contribution < 1.29 is 0 Å². The molecule has 0 rings (SSSR count). The monoisotopic (exact) mass is 119 g/mol. The first-order chi connectivity index (χ1) is 3.12. The molecule has 0 heterocycles. The van der Waals surface area contributed by atoms with Crippen molar-refractivity contribution in [3.63, 3.8) is 0 Å². The number of rotatable bonds is 2. The van der Waals surface area contributed by atoms with Crippen molar-refractivity contribution in [2.75, 3.05) is 19.0 Å². The second-order valence-electron chi connectivity index (χ2n) is 2.03. The van der Waals surface area contributed by atoms with Crippen LogP contribution < -0.4 is 0 Å². The third-order valence-corrected chi connectivity index (χ3v) is 4.19. The van der Waals surface area contributed by atoms with Gasteiger partial charge in [0, 0.05) is 0 Å². The van der Waals surface area contributed by atoms with Crippen LogP contribution in [-0.4, -0.2) is 19.0 Å². The van der Waals surface area contributed by atoms with Gasteiger partial charge in [0.15, 0.2) is 0 Å². The Hall–Kier alpha value is 0.230. The Balaban J connectivity index is 3.61. The summed E-state index contributed by atoms with van der Waals surface area (Å²) in [5.74, 6) is 0. The Labute approximate surface area is 46.0 Å². The molecule has 0 saturated carbocycles. The molecule has 0 aliphatic rings. The number of hydrogen-bond donors (Lipinski definition) is 1. The molecule has 0 atom stereocenters. The van der Waals surface area contributed by atoms with Crippen molar-refractivity contribution in [1.82, 2.24) is 0 Å². The van der Waals surface area contributed by atoms with Crippen molar-refractivity contribution in [2.45, 2.75) is 13.8 Å². The van der Waals surface area contributed by atoms with Crippen LogP contribution in [0.5, 0.6) is 0 Å². The molecule has 0 aromatic heterocycles. The number of hydrogen-bond acceptors (Lipinski definition) is 1. The minimum Gasteiger partial charge on any atom is -0.319 e. The molecule has 0 aliphatic heterocycles. The molecule has 0 radical (unpaired) electrons. The van der Waals surface area contributed by atoms with Crippen LogP contribution in [0.2, 0.25) is 0 Å². The van der Waals surface area contributed by atoms with Gasteiger partial charge in [-0.2, -0.15) is 0 Å². The van der Waals surface area contributed by atoms with E-state index in [4.69, 9.17) is 5.16 Å². The van der Waals surface area contributed by atoms with Crippen LogP contribution in [-0.2, 0) is 0 Å². The summed E-state index contributed by atoms with van der Waals surface area (Å²) in [4.78, 5) is 0. The van der Waals surface area contributed by atoms with E-state index in [1.54, 1.807) is 0 Å². The van der Waals surface area contributed by atoms with E-state index in [1.807, 2.05) is 0 Å². The van der Waals surface area contributed by atoms with Crippen molar-refractivity contribution in [2.24, 2.45) is 0 Å². The molecule has 0 fully saturated rings. The van der Waals surface area contributed by atoms with Gasteiger partial charge in [-0.1, -0.05) is 13.8 Å². The third kappa shape index (κ3) is 2.87. The predicted octanol–water partition coefficient (Wildman–Crippen LogP) is 2.44. The van der Waals surface area contributed by atoms with Crippen molar-refractivity contribution in [3.8, 4) is 0 Å². The third-order valence-electron chi connectivity index (χ3n) is 1.40. The van der Waals surface area contributed by atoms with Crippen molar-refractivity contribution in [1.29, 1.82) is 5.16 Å². The summed E-state index contributed by atoms with van der Waals surface area (Å²) in [6.45, 7) is 6.28. The molecular formula is C5H14NP. The Morgan fingerprint density at radius 2 is 1.57 bits per heavy atom. The van der Waals surface area contributed by atoms with E-state index in [1.165, 1.54) is 0 Å². The van der Waals surface area contributed by atoms with E-state index in [9.17, 15) is 0 Å². The molecule has 0 spiro atoms. The van der Waals surface area contributed by atoms with Gasteiger partial charge in [0.25, 0.3) is 0 Å². The summed E-state index contributed by atoms with van der Waals surface area (Å²) >= 11 is 0. The van der Waals surface area contributed by atoms with Crippen LogP contribution in [0.3, 0.4) is 0 Å². The molecule has 0 bridgehead atoms. The van der Waals surface area contributed by atoms with Crippen LogP contribution in [0.25, 0.3) is 0 Å². The zero-order valence-electron chi connectivity index (χ0n) is 5.36. The van der Waals surface area contributed by atoms with Crippen LogP contribution in [0.1, 0.15) is 13.8 Å². The van der Waals surface area contributed by atoms with Crippen LogP contribution in [0, 0.1) is 5.16 Å². The summed E-state index contributed by atoms with van der Waals surface area (Å²) in [7, 11) is -1.15. The van der Waals surface area contributed by atoms with E-state index in [0.29, 0.717) is 0 Å². The quantitative estimate of drug-likeness (QED) is 0.540. The van der Waals surface area contributed by atoms with Gasteiger partial charge in [0.1, 0.15) is 0 Å². The molecule has 7 heavy (non-hydrogen) atoms. The Morgan fingerprint density at radius 1 is 1.29 bits per heavy atom. The molecule has 44 valence electrons. The SMILES string of the molecule is CCP(C)(=N)CC. The molecular weight excluding hydrogens is 105 g/mol. The molecule has 0 aliphatic carbocycles. The standard InChI is InChI=1S/C5H14NP/c1-4-7(3,6)5-2/h6H,4-5H2,1-3H3. The van der Waals surface area contributed by atoms with Gasteiger partial charge in [-0.15, -0.1) is 0 Å². The van der Waals surface area contributed by atoms with Gasteiger partial charge in [0.2, 0.25) is 0 Å². The first kappa shape index (κ1) is 7.23. The normalized spacial score (nSPS) is 11.9. The maximum Gasteiger partial charge on any atom is -0.0209 e. The summed E-state index contributed by atoms with van der Waals surface area (Å²) in [6.07, 6.45) is 2.15. The molecule has 1 N–H and O–H groups in total. The largest absolute Gasteiger partial charge is 0.319 e. The Kier molecular flexibility index (Phi) is 2.60. The number of nitrogens with one attached hydrogen (secondary N) is 1. The first-order valence-corrected chi connectivity index (χ1v) is 5.32. The zero-order chi connectivity index (χ0) is 5.91. The Morgan fingerprint density at radius 3 is 1.57 bits per heavy atom. The molecule has 0 unspecified atom stereocenters. The van der Waals surface area contributed by atoms with Gasteiger partial charge in [-0.3, -0.25) is 0 Å². The van der Waals surface area contributed by atoms with E-state index >= 15 is 0 Å². The van der Waals surface area contributed by atoms with E-state index < -0.39 is 7.05 Å². The molecule has 2 heteroatoms. The van der Waals surface area contributed by atoms with E-state index in [-0.39, 0.29) is 0 Å². The first-order valence-electron chi connectivity index (χ1n) is 2.72. The smallest absolute Gasteiger partial charge is 0.0209 e. The molecule has 1 nitrogen and oxygen atoms in total. The van der Waals surface area contributed by atoms with E-state index in [2.05, 4.69) is 20.5 Å². The molecule has 0 saturated heterocycles. The topological polar surface area (TPSA) is 23.9 Å². The van der Waals surface area contributed by atoms with Gasteiger partial charge >= 0.3 is 0 Å². The fourth-order valence-corrected chi connectivity index (χ4v) is 0.671. The predicted molar refractivity (Wildman–Crippen MR) is 36.6 cm³/mol. The average molecular weight is 119 g/mol. The van der Waals surface area contributed by atoms with Crippen molar-refractivity contribution >= 4 is 7.05 Å². The lowest BCUT2D eigenvalue weighted by molar-refractivity contribution is 1.34. The highest BCUT2D eigenvalue weighted by molar-refractivity contribution is 7.64. The highest BCUT2D eigenvalue weighted by Crippen LogP contribution is 2.39. The average Bonchev–Trinajstić information content (AvgIpc) is 1.68. The molecule has 0 aromatic rings. The fraction of sp³-hybridized carbons (Fsp3) is 1.00. The van der Waals surface area contributed by atoms with Gasteiger partial charge < -0.3 is 5.16 Å². The van der Waals surface area contributed by atoms with Gasteiger partial charge in [-0.25, -0.2) is 0 Å². The summed E-state index contributed by atoms with van der Waals surface area (Å²) in [5.41, 5.74) is 0. The minimum atomic E-state index is -1.15. The zero-order valence-corrected chi connectivity index (χ0v) is 6.26. The second-order valence-corrected chi connectivity index (χ2v) is 6.09. The summed E-state index contributed by atoms with van der Waals surface area (Å²) in [6, 6.07) is 0. The maximum atomic E-state index is 7.53. The molecule has 0 amide bonds. The van der Waals surface area contributed by atoms with E-state index in [0.717, 1.165) is 12.3 Å². The summed E-state index contributed by atoms with van der Waals surface area (Å²) < 4.78 is 0. The van der Waals surface area contributed by atoms with Gasteiger partial charge in [0.05, 0.1) is 0 Å². The molecule has 0 aromatic carbocycles. The summed E-state index contributed by atoms with van der Waals surface area (Å²) in [5, 5.41) is 7.53. The maximum absolute atomic E-state index is 7.53. The lowest BCUT2D eigenvalue weighted by Gasteiger charge is -2.08. The second kappa shape index (κ2) is 2.52. The van der Waals surface area contributed by atoms with Crippen LogP contribution >= 0.6 is 7.05 Å². The minimum absolute atomic E-state index is 1.07. The Bertz CT molecular complexity index is 80.1. The highest BCUT2D eigenvalue weighted by atomic mass is 31.2. The fourth-order valence-electron chi connectivity index (χ4n) is 0.224. The lowest BCUT2D eigenvalue weighted by atomic mass is 11.0. The van der Waals surface area contributed by atoms with Crippen LogP contribution in [0.4, 0.5) is 0 Å². The van der Waals surface area contributed by atoms with Gasteiger partial charge in [-0.05, 0) is 26.0 Å².